The van der Waals surface area contributed by atoms with Gasteiger partial charge in [0.15, 0.2) is 0 Å². The van der Waals surface area contributed by atoms with E-state index in [1.54, 1.807) is 35.4 Å². The predicted octanol–water partition coefficient (Wildman–Crippen LogP) is 2.45. The van der Waals surface area contributed by atoms with Crippen LogP contribution in [0.15, 0.2) is 41.8 Å². The van der Waals surface area contributed by atoms with Crippen LogP contribution in [0.25, 0.3) is 0 Å². The van der Waals surface area contributed by atoms with Gasteiger partial charge in [0.25, 0.3) is 11.8 Å². The molecule has 0 saturated carbocycles. The molecule has 0 radical (unpaired) electrons. The summed E-state index contributed by atoms with van der Waals surface area (Å²) in [6, 6.07) is 8.56. The third-order valence-electron chi connectivity index (χ3n) is 4.68. The van der Waals surface area contributed by atoms with Crippen molar-refractivity contribution in [3.63, 3.8) is 0 Å². The van der Waals surface area contributed by atoms with Gasteiger partial charge in [0.05, 0.1) is 10.4 Å². The average Bonchev–Trinajstić information content (AvgIpc) is 3.28. The van der Waals surface area contributed by atoms with Crippen LogP contribution in [-0.2, 0) is 4.79 Å². The number of nitrogens with one attached hydrogen (secondary N) is 1. The summed E-state index contributed by atoms with van der Waals surface area (Å²) in [6.45, 7) is -0.357. The highest BCUT2D eigenvalue weighted by atomic mass is 32.1. The molecule has 0 spiro atoms. The van der Waals surface area contributed by atoms with Crippen molar-refractivity contribution in [2.75, 3.05) is 26.2 Å². The van der Waals surface area contributed by atoms with Crippen molar-refractivity contribution < 1.29 is 27.9 Å². The molecule has 1 aliphatic heterocycles. The van der Waals surface area contributed by atoms with Gasteiger partial charge in [0.2, 0.25) is 5.91 Å². The molecule has 1 atom stereocenters. The second-order valence-corrected chi connectivity index (χ2v) is 7.61. The fourth-order valence-corrected chi connectivity index (χ4v) is 3.78. The minimum absolute atomic E-state index is 0.0501. The number of amides is 3. The van der Waals surface area contributed by atoms with Crippen molar-refractivity contribution in [3.05, 3.63) is 52.2 Å². The minimum atomic E-state index is -3.03. The Labute approximate surface area is 176 Å². The Kier molecular flexibility index (Phi) is 6.99. The first-order valence-corrected chi connectivity index (χ1v) is 10.2. The van der Waals surface area contributed by atoms with Gasteiger partial charge in [0.1, 0.15) is 11.8 Å². The van der Waals surface area contributed by atoms with Crippen LogP contribution in [0, 0.1) is 0 Å². The number of para-hydroxylation sites is 1. The number of ether oxygens (including phenoxy) is 1. The number of halogens is 2. The first-order chi connectivity index (χ1) is 14.4. The quantitative estimate of drug-likeness (QED) is 0.753. The van der Waals surface area contributed by atoms with Crippen molar-refractivity contribution in [2.24, 2.45) is 0 Å². The molecule has 2 heterocycles. The second-order valence-electron chi connectivity index (χ2n) is 6.66. The molecule has 7 nitrogen and oxygen atoms in total. The standard InChI is InChI=1S/C20H21F2N3O4S/c1-13(23-17(26)16-7-4-12-30-16)18(27)24-8-10-25(11-9-24)19(28)14-5-2-3-6-15(14)29-20(21)22/h2-7,12-13,20H,8-11H2,1H3,(H,23,26). The molecule has 10 heteroatoms. The van der Waals surface area contributed by atoms with E-state index in [9.17, 15) is 23.2 Å². The maximum Gasteiger partial charge on any atom is 0.387 e. The molecule has 1 aliphatic rings. The van der Waals surface area contributed by atoms with Crippen molar-refractivity contribution >= 4 is 29.1 Å². The summed E-state index contributed by atoms with van der Waals surface area (Å²) < 4.78 is 29.6. The number of rotatable bonds is 6. The Morgan fingerprint density at radius 3 is 2.33 bits per heavy atom. The molecule has 1 unspecified atom stereocenters. The first kappa shape index (κ1) is 21.7. The molecule has 3 rings (SSSR count). The Morgan fingerprint density at radius 1 is 1.03 bits per heavy atom. The fourth-order valence-electron chi connectivity index (χ4n) is 3.15. The summed E-state index contributed by atoms with van der Waals surface area (Å²) in [5.41, 5.74) is 0.0501. The summed E-state index contributed by atoms with van der Waals surface area (Å²) in [7, 11) is 0. The van der Waals surface area contributed by atoms with E-state index in [2.05, 4.69) is 10.1 Å². The normalized spacial score (nSPS) is 15.1. The molecule has 0 bridgehead atoms. The van der Waals surface area contributed by atoms with E-state index >= 15 is 0 Å². The van der Waals surface area contributed by atoms with Crippen LogP contribution in [0.4, 0.5) is 8.78 Å². The number of benzene rings is 1. The zero-order chi connectivity index (χ0) is 21.7. The smallest absolute Gasteiger partial charge is 0.387 e. The van der Waals surface area contributed by atoms with E-state index in [1.165, 1.54) is 34.4 Å². The lowest BCUT2D eigenvalue weighted by atomic mass is 10.1. The molecular weight excluding hydrogens is 416 g/mol. The van der Waals surface area contributed by atoms with Gasteiger partial charge in [-0.2, -0.15) is 8.78 Å². The van der Waals surface area contributed by atoms with Gasteiger partial charge in [-0.1, -0.05) is 18.2 Å². The molecule has 1 fully saturated rings. The average molecular weight is 437 g/mol. The second kappa shape index (κ2) is 9.66. The Balaban J connectivity index is 1.56. The number of hydrogen-bond donors (Lipinski definition) is 1. The maximum atomic E-state index is 12.7. The number of carbonyl (C=O) groups excluding carboxylic acids is 3. The van der Waals surface area contributed by atoms with Gasteiger partial charge >= 0.3 is 6.61 Å². The maximum absolute atomic E-state index is 12.7. The van der Waals surface area contributed by atoms with E-state index in [-0.39, 0.29) is 49.3 Å². The van der Waals surface area contributed by atoms with Gasteiger partial charge in [-0.15, -0.1) is 11.3 Å². The van der Waals surface area contributed by atoms with E-state index < -0.39 is 18.6 Å². The van der Waals surface area contributed by atoms with Crippen LogP contribution in [-0.4, -0.2) is 66.4 Å². The number of alkyl halides is 2. The van der Waals surface area contributed by atoms with Crippen molar-refractivity contribution in [2.45, 2.75) is 19.6 Å². The van der Waals surface area contributed by atoms with E-state index in [0.29, 0.717) is 4.88 Å². The largest absolute Gasteiger partial charge is 0.434 e. The minimum Gasteiger partial charge on any atom is -0.434 e. The summed E-state index contributed by atoms with van der Waals surface area (Å²) in [5, 5.41) is 4.46. The number of carbonyl (C=O) groups is 3. The lowest BCUT2D eigenvalue weighted by Gasteiger charge is -2.36. The molecule has 1 N–H and O–H groups in total. The van der Waals surface area contributed by atoms with Gasteiger partial charge in [-0.05, 0) is 30.5 Å². The topological polar surface area (TPSA) is 79.0 Å². The van der Waals surface area contributed by atoms with Crippen LogP contribution in [0.3, 0.4) is 0 Å². The third-order valence-corrected chi connectivity index (χ3v) is 5.54. The number of nitrogens with zero attached hydrogens (tertiary/aromatic N) is 2. The molecule has 2 aromatic rings. The van der Waals surface area contributed by atoms with E-state index in [4.69, 9.17) is 0 Å². The fraction of sp³-hybridized carbons (Fsp3) is 0.350. The predicted molar refractivity (Wildman–Crippen MR) is 107 cm³/mol. The zero-order valence-electron chi connectivity index (χ0n) is 16.2. The molecule has 30 heavy (non-hydrogen) atoms. The van der Waals surface area contributed by atoms with Crippen LogP contribution >= 0.6 is 11.3 Å². The monoisotopic (exact) mass is 437 g/mol. The third kappa shape index (κ3) is 5.12. The number of piperazine rings is 1. The van der Waals surface area contributed by atoms with Gasteiger partial charge in [-0.3, -0.25) is 14.4 Å². The molecule has 1 saturated heterocycles. The Hall–Kier alpha value is -3.01. The molecule has 3 amide bonds. The zero-order valence-corrected chi connectivity index (χ0v) is 17.0. The Bertz CT molecular complexity index is 899. The molecule has 0 aliphatic carbocycles. The SMILES string of the molecule is CC(NC(=O)c1cccs1)C(=O)N1CCN(C(=O)c2ccccc2OC(F)F)CC1. The Morgan fingerprint density at radius 2 is 1.70 bits per heavy atom. The van der Waals surface area contributed by atoms with Crippen molar-refractivity contribution in [1.82, 2.24) is 15.1 Å². The van der Waals surface area contributed by atoms with Crippen molar-refractivity contribution in [3.8, 4) is 5.75 Å². The van der Waals surface area contributed by atoms with Crippen LogP contribution in [0.5, 0.6) is 5.75 Å². The summed E-state index contributed by atoms with van der Waals surface area (Å²) >= 11 is 1.29. The summed E-state index contributed by atoms with van der Waals surface area (Å²) in [4.78, 5) is 41.1. The first-order valence-electron chi connectivity index (χ1n) is 9.33. The van der Waals surface area contributed by atoms with Crippen LogP contribution in [0.2, 0.25) is 0 Å². The molecule has 1 aromatic heterocycles. The highest BCUT2D eigenvalue weighted by Crippen LogP contribution is 2.22. The molecular formula is C20H21F2N3O4S. The molecule has 1 aromatic carbocycles. The lowest BCUT2D eigenvalue weighted by molar-refractivity contribution is -0.134. The van der Waals surface area contributed by atoms with E-state index in [0.717, 1.165) is 0 Å². The van der Waals surface area contributed by atoms with Crippen molar-refractivity contribution in [1.29, 1.82) is 0 Å². The van der Waals surface area contributed by atoms with E-state index in [1.807, 2.05) is 0 Å². The van der Waals surface area contributed by atoms with Crippen LogP contribution < -0.4 is 10.1 Å². The van der Waals surface area contributed by atoms with Crippen LogP contribution in [0.1, 0.15) is 27.0 Å². The summed E-state index contributed by atoms with van der Waals surface area (Å²) in [5.74, 6) is -1.16. The number of hydrogen-bond acceptors (Lipinski definition) is 5. The summed E-state index contributed by atoms with van der Waals surface area (Å²) in [6.07, 6.45) is 0. The number of thiophene rings is 1. The highest BCUT2D eigenvalue weighted by molar-refractivity contribution is 7.12. The molecule has 160 valence electrons. The highest BCUT2D eigenvalue weighted by Gasteiger charge is 2.29. The van der Waals surface area contributed by atoms with Gasteiger partial charge in [-0.25, -0.2) is 0 Å². The lowest BCUT2D eigenvalue weighted by Crippen LogP contribution is -2.55. The van der Waals surface area contributed by atoms with Gasteiger partial charge < -0.3 is 19.9 Å². The van der Waals surface area contributed by atoms with Gasteiger partial charge in [0, 0.05) is 26.2 Å².